The Balaban J connectivity index is 2.46. The second-order valence-electron chi connectivity index (χ2n) is 4.60. The quantitative estimate of drug-likeness (QED) is 0.680. The van der Waals surface area contributed by atoms with Crippen LogP contribution in [0, 0.1) is 17.9 Å². The number of anilines is 2. The predicted molar refractivity (Wildman–Crippen MR) is 83.5 cm³/mol. The number of aromatic nitrogens is 2. The molecule has 7 heteroatoms. The van der Waals surface area contributed by atoms with Crippen molar-refractivity contribution in [1.82, 2.24) is 9.97 Å². The SMILES string of the molecule is [C-]#[N+]c1ccc(OC(C)C)c(Nc2nc(Cl)ncc2C#N)c1. The van der Waals surface area contributed by atoms with E-state index in [1.165, 1.54) is 6.20 Å². The van der Waals surface area contributed by atoms with Crippen LogP contribution in [0.3, 0.4) is 0 Å². The van der Waals surface area contributed by atoms with Gasteiger partial charge in [-0.2, -0.15) is 10.2 Å². The van der Waals surface area contributed by atoms with E-state index in [0.29, 0.717) is 17.1 Å². The molecule has 110 valence electrons. The standard InChI is InChI=1S/C15H12ClN5O/c1-9(2)22-13-5-4-11(18-3)6-12(13)20-14-10(7-17)8-19-15(16)21-14/h4-6,8-9H,1-2H3,(H,19,20,21). The molecule has 0 fully saturated rings. The number of rotatable bonds is 4. The zero-order valence-electron chi connectivity index (χ0n) is 12.0. The first-order chi connectivity index (χ1) is 10.5. The highest BCUT2D eigenvalue weighted by Crippen LogP contribution is 2.33. The van der Waals surface area contributed by atoms with E-state index >= 15 is 0 Å². The molecule has 6 nitrogen and oxygen atoms in total. The summed E-state index contributed by atoms with van der Waals surface area (Å²) in [5.74, 6) is 0.819. The van der Waals surface area contributed by atoms with Gasteiger partial charge in [0.25, 0.3) is 0 Å². The van der Waals surface area contributed by atoms with Crippen molar-refractivity contribution in [1.29, 1.82) is 5.26 Å². The van der Waals surface area contributed by atoms with Gasteiger partial charge in [0, 0.05) is 0 Å². The van der Waals surface area contributed by atoms with Crippen LogP contribution in [0.15, 0.2) is 24.4 Å². The van der Waals surface area contributed by atoms with E-state index in [-0.39, 0.29) is 22.8 Å². The maximum atomic E-state index is 9.11. The van der Waals surface area contributed by atoms with Crippen LogP contribution in [0.1, 0.15) is 19.4 Å². The molecule has 1 heterocycles. The summed E-state index contributed by atoms with van der Waals surface area (Å²) in [7, 11) is 0. The lowest BCUT2D eigenvalue weighted by Gasteiger charge is -2.16. The lowest BCUT2D eigenvalue weighted by atomic mass is 10.2. The number of halogens is 1. The Hall–Kier alpha value is -2.83. The van der Waals surface area contributed by atoms with Crippen LogP contribution in [-0.2, 0) is 0 Å². The zero-order valence-corrected chi connectivity index (χ0v) is 12.7. The highest BCUT2D eigenvalue weighted by molar-refractivity contribution is 6.28. The van der Waals surface area contributed by atoms with Crippen molar-refractivity contribution in [2.75, 3.05) is 5.32 Å². The van der Waals surface area contributed by atoms with E-state index in [0.717, 1.165) is 0 Å². The Morgan fingerprint density at radius 3 is 2.86 bits per heavy atom. The summed E-state index contributed by atoms with van der Waals surface area (Å²) >= 11 is 5.77. The van der Waals surface area contributed by atoms with E-state index in [1.807, 2.05) is 19.9 Å². The molecule has 0 saturated heterocycles. The second-order valence-corrected chi connectivity index (χ2v) is 4.94. The fraction of sp³-hybridized carbons (Fsp3) is 0.200. The van der Waals surface area contributed by atoms with Crippen molar-refractivity contribution >= 4 is 28.8 Å². The molecule has 0 aliphatic rings. The van der Waals surface area contributed by atoms with Crippen LogP contribution in [0.4, 0.5) is 17.2 Å². The molecule has 0 unspecified atom stereocenters. The van der Waals surface area contributed by atoms with Crippen molar-refractivity contribution in [3.8, 4) is 11.8 Å². The van der Waals surface area contributed by atoms with Gasteiger partial charge in [0.05, 0.1) is 24.6 Å². The van der Waals surface area contributed by atoms with Gasteiger partial charge in [-0.05, 0) is 37.6 Å². The van der Waals surface area contributed by atoms with Gasteiger partial charge < -0.3 is 10.1 Å². The first kappa shape index (κ1) is 15.6. The monoisotopic (exact) mass is 313 g/mol. The number of nitrogens with zero attached hydrogens (tertiary/aromatic N) is 4. The summed E-state index contributed by atoms with van der Waals surface area (Å²) in [5, 5.41) is 12.1. The van der Waals surface area contributed by atoms with Crippen molar-refractivity contribution in [3.05, 3.63) is 46.7 Å². The number of hydrogen-bond donors (Lipinski definition) is 1. The summed E-state index contributed by atoms with van der Waals surface area (Å²) in [6.07, 6.45) is 1.29. The summed E-state index contributed by atoms with van der Waals surface area (Å²) in [5.41, 5.74) is 1.22. The molecule has 0 saturated carbocycles. The Morgan fingerprint density at radius 2 is 2.23 bits per heavy atom. The maximum absolute atomic E-state index is 9.11. The Morgan fingerprint density at radius 1 is 1.45 bits per heavy atom. The molecule has 22 heavy (non-hydrogen) atoms. The number of nitrogens with one attached hydrogen (secondary N) is 1. The summed E-state index contributed by atoms with van der Waals surface area (Å²) < 4.78 is 5.70. The largest absolute Gasteiger partial charge is 0.489 e. The van der Waals surface area contributed by atoms with Crippen LogP contribution in [-0.4, -0.2) is 16.1 Å². The van der Waals surface area contributed by atoms with Crippen molar-refractivity contribution in [2.24, 2.45) is 0 Å². The van der Waals surface area contributed by atoms with Crippen molar-refractivity contribution in [3.63, 3.8) is 0 Å². The topological polar surface area (TPSA) is 75.2 Å². The fourth-order valence-corrected chi connectivity index (χ4v) is 1.84. The van der Waals surface area contributed by atoms with Crippen LogP contribution in [0.25, 0.3) is 4.85 Å². The molecule has 1 aromatic carbocycles. The van der Waals surface area contributed by atoms with E-state index in [1.54, 1.807) is 18.2 Å². The molecular weight excluding hydrogens is 302 g/mol. The van der Waals surface area contributed by atoms with Gasteiger partial charge in [-0.3, -0.25) is 0 Å². The van der Waals surface area contributed by atoms with E-state index in [9.17, 15) is 0 Å². The average Bonchev–Trinajstić information content (AvgIpc) is 2.49. The third-order valence-corrected chi connectivity index (χ3v) is 2.77. The zero-order chi connectivity index (χ0) is 16.1. The highest BCUT2D eigenvalue weighted by Gasteiger charge is 2.12. The van der Waals surface area contributed by atoms with Crippen LogP contribution in [0.5, 0.6) is 5.75 Å². The lowest BCUT2D eigenvalue weighted by molar-refractivity contribution is 0.244. The van der Waals surface area contributed by atoms with E-state index in [4.69, 9.17) is 28.2 Å². The van der Waals surface area contributed by atoms with Crippen LogP contribution < -0.4 is 10.1 Å². The molecule has 0 amide bonds. The molecule has 0 atom stereocenters. The van der Waals surface area contributed by atoms with Gasteiger partial charge >= 0.3 is 0 Å². The Labute approximate surface area is 133 Å². The smallest absolute Gasteiger partial charge is 0.224 e. The Kier molecular flexibility index (Phi) is 4.77. The molecule has 0 bridgehead atoms. The van der Waals surface area contributed by atoms with Gasteiger partial charge in [0.2, 0.25) is 5.28 Å². The van der Waals surface area contributed by atoms with Crippen LogP contribution in [0.2, 0.25) is 5.28 Å². The summed E-state index contributed by atoms with van der Waals surface area (Å²) in [6.45, 7) is 10.9. The normalized spacial score (nSPS) is 9.91. The first-order valence-electron chi connectivity index (χ1n) is 6.41. The third kappa shape index (κ3) is 3.63. The summed E-state index contributed by atoms with van der Waals surface area (Å²) in [6, 6.07) is 6.97. The molecular formula is C15H12ClN5O. The van der Waals surface area contributed by atoms with Crippen molar-refractivity contribution in [2.45, 2.75) is 20.0 Å². The Bertz CT molecular complexity index is 776. The van der Waals surface area contributed by atoms with Gasteiger partial charge in [-0.25, -0.2) is 9.83 Å². The van der Waals surface area contributed by atoms with Crippen LogP contribution >= 0.6 is 11.6 Å². The minimum absolute atomic E-state index is 0.0224. The van der Waals surface area contributed by atoms with Crippen molar-refractivity contribution < 1.29 is 4.74 Å². The van der Waals surface area contributed by atoms with E-state index in [2.05, 4.69) is 20.1 Å². The lowest BCUT2D eigenvalue weighted by Crippen LogP contribution is -2.08. The number of ether oxygens (including phenoxy) is 1. The minimum atomic E-state index is -0.0382. The summed E-state index contributed by atoms with van der Waals surface area (Å²) in [4.78, 5) is 11.2. The molecule has 0 spiro atoms. The molecule has 0 aliphatic carbocycles. The molecule has 0 radical (unpaired) electrons. The molecule has 0 aliphatic heterocycles. The molecule has 2 aromatic rings. The predicted octanol–water partition coefficient (Wildman–Crippen LogP) is 4.08. The second kappa shape index (κ2) is 6.75. The number of nitriles is 1. The minimum Gasteiger partial charge on any atom is -0.489 e. The van der Waals surface area contributed by atoms with E-state index < -0.39 is 0 Å². The average molecular weight is 314 g/mol. The third-order valence-electron chi connectivity index (χ3n) is 2.59. The number of hydrogen-bond acceptors (Lipinski definition) is 5. The van der Waals surface area contributed by atoms with Gasteiger partial charge in [-0.15, -0.1) is 0 Å². The van der Waals surface area contributed by atoms with Gasteiger partial charge in [-0.1, -0.05) is 6.07 Å². The first-order valence-corrected chi connectivity index (χ1v) is 6.79. The maximum Gasteiger partial charge on any atom is 0.224 e. The molecule has 1 N–H and O–H groups in total. The fourth-order valence-electron chi connectivity index (χ4n) is 1.71. The van der Waals surface area contributed by atoms with Gasteiger partial charge in [0.15, 0.2) is 11.5 Å². The molecule has 2 rings (SSSR count). The number of benzene rings is 1. The highest BCUT2D eigenvalue weighted by atomic mass is 35.5. The molecule has 1 aromatic heterocycles. The van der Waals surface area contributed by atoms with Gasteiger partial charge in [0.1, 0.15) is 17.4 Å².